The van der Waals surface area contributed by atoms with E-state index in [9.17, 15) is 4.79 Å². The SMILES string of the molecule is C[C@H]1C[C@H](C)CN(Cc2cc(=O)n3cc(Cl)ccc3n2)C1. The van der Waals surface area contributed by atoms with Crippen molar-refractivity contribution in [2.24, 2.45) is 11.8 Å². The van der Waals surface area contributed by atoms with E-state index < -0.39 is 0 Å². The first kappa shape index (κ1) is 14.5. The van der Waals surface area contributed by atoms with Crippen molar-refractivity contribution < 1.29 is 0 Å². The first-order valence-corrected chi connectivity index (χ1v) is 7.79. The summed E-state index contributed by atoms with van der Waals surface area (Å²) in [5.41, 5.74) is 1.42. The summed E-state index contributed by atoms with van der Waals surface area (Å²) >= 11 is 5.92. The molecule has 1 aliphatic heterocycles. The second kappa shape index (κ2) is 5.78. The van der Waals surface area contributed by atoms with Crippen LogP contribution in [0.15, 0.2) is 29.2 Å². The zero-order valence-electron chi connectivity index (χ0n) is 12.4. The minimum absolute atomic E-state index is 0.0735. The lowest BCUT2D eigenvalue weighted by atomic mass is 9.92. The Labute approximate surface area is 129 Å². The molecule has 1 aliphatic rings. The summed E-state index contributed by atoms with van der Waals surface area (Å²) in [4.78, 5) is 19.1. The molecule has 0 radical (unpaired) electrons. The van der Waals surface area contributed by atoms with E-state index in [2.05, 4.69) is 23.7 Å². The van der Waals surface area contributed by atoms with E-state index in [-0.39, 0.29) is 5.56 Å². The average molecular weight is 306 g/mol. The standard InChI is InChI=1S/C16H20ClN3O/c1-11-5-12(2)8-19(7-11)10-14-6-16(21)20-9-13(17)3-4-15(20)18-14/h3-4,6,9,11-12H,5,7-8,10H2,1-2H3/t11-,12-/m0/s1. The topological polar surface area (TPSA) is 37.6 Å². The van der Waals surface area contributed by atoms with Gasteiger partial charge >= 0.3 is 0 Å². The maximum atomic E-state index is 12.2. The molecule has 3 rings (SSSR count). The number of halogens is 1. The Hall–Kier alpha value is -1.39. The van der Waals surface area contributed by atoms with Gasteiger partial charge in [0.15, 0.2) is 0 Å². The summed E-state index contributed by atoms with van der Waals surface area (Å²) in [5, 5.41) is 0.540. The first-order chi connectivity index (χ1) is 10.0. The van der Waals surface area contributed by atoms with Gasteiger partial charge in [-0.2, -0.15) is 0 Å². The van der Waals surface area contributed by atoms with Gasteiger partial charge in [0.2, 0.25) is 0 Å². The summed E-state index contributed by atoms with van der Waals surface area (Å²) < 4.78 is 1.49. The third kappa shape index (κ3) is 3.27. The molecule has 1 fully saturated rings. The molecule has 2 aromatic rings. The molecule has 0 aliphatic carbocycles. The van der Waals surface area contributed by atoms with Crippen molar-refractivity contribution in [1.82, 2.24) is 14.3 Å². The van der Waals surface area contributed by atoms with Gasteiger partial charge in [0.1, 0.15) is 5.65 Å². The van der Waals surface area contributed by atoms with E-state index in [4.69, 9.17) is 11.6 Å². The van der Waals surface area contributed by atoms with Crippen LogP contribution in [0.4, 0.5) is 0 Å². The molecule has 0 saturated carbocycles. The predicted octanol–water partition coefficient (Wildman–Crippen LogP) is 2.83. The maximum absolute atomic E-state index is 12.2. The molecule has 0 unspecified atom stereocenters. The fourth-order valence-electron chi connectivity index (χ4n) is 3.36. The summed E-state index contributed by atoms with van der Waals surface area (Å²) in [7, 11) is 0. The van der Waals surface area contributed by atoms with Gasteiger partial charge in [0, 0.05) is 31.9 Å². The molecule has 3 heterocycles. The summed E-state index contributed by atoms with van der Waals surface area (Å²) in [5.74, 6) is 1.41. The molecule has 112 valence electrons. The molecule has 4 nitrogen and oxygen atoms in total. The summed E-state index contributed by atoms with van der Waals surface area (Å²) in [6, 6.07) is 5.17. The first-order valence-electron chi connectivity index (χ1n) is 7.41. The number of hydrogen-bond acceptors (Lipinski definition) is 3. The van der Waals surface area contributed by atoms with Gasteiger partial charge in [0.05, 0.1) is 10.7 Å². The van der Waals surface area contributed by atoms with Crippen LogP contribution in [0.2, 0.25) is 5.02 Å². The largest absolute Gasteiger partial charge is 0.297 e. The smallest absolute Gasteiger partial charge is 0.258 e. The van der Waals surface area contributed by atoms with Crippen LogP contribution in [0.25, 0.3) is 5.65 Å². The molecule has 0 N–H and O–H groups in total. The van der Waals surface area contributed by atoms with Gasteiger partial charge in [-0.3, -0.25) is 14.1 Å². The number of hydrogen-bond donors (Lipinski definition) is 0. The molecule has 0 amide bonds. The summed E-state index contributed by atoms with van der Waals surface area (Å²) in [6.45, 7) is 7.46. The lowest BCUT2D eigenvalue weighted by Crippen LogP contribution is -2.38. The van der Waals surface area contributed by atoms with Crippen LogP contribution in [0, 0.1) is 11.8 Å². The van der Waals surface area contributed by atoms with Crippen LogP contribution < -0.4 is 5.56 Å². The molecule has 0 aromatic carbocycles. The molecule has 0 spiro atoms. The second-order valence-electron chi connectivity index (χ2n) is 6.30. The fraction of sp³-hybridized carbons (Fsp3) is 0.500. The van der Waals surface area contributed by atoms with E-state index >= 15 is 0 Å². The molecule has 21 heavy (non-hydrogen) atoms. The number of pyridine rings is 1. The zero-order chi connectivity index (χ0) is 15.0. The summed E-state index contributed by atoms with van der Waals surface area (Å²) in [6.07, 6.45) is 2.89. The second-order valence-corrected chi connectivity index (χ2v) is 6.74. The maximum Gasteiger partial charge on any atom is 0.258 e. The fourth-order valence-corrected chi connectivity index (χ4v) is 3.52. The minimum Gasteiger partial charge on any atom is -0.297 e. The van der Waals surface area contributed by atoms with Crippen LogP contribution in [0.3, 0.4) is 0 Å². The van der Waals surface area contributed by atoms with E-state index in [1.165, 1.54) is 10.8 Å². The highest BCUT2D eigenvalue weighted by molar-refractivity contribution is 6.30. The van der Waals surface area contributed by atoms with Crippen molar-refractivity contribution in [1.29, 1.82) is 0 Å². The lowest BCUT2D eigenvalue weighted by molar-refractivity contribution is 0.133. The van der Waals surface area contributed by atoms with E-state index in [1.807, 2.05) is 0 Å². The van der Waals surface area contributed by atoms with Crippen molar-refractivity contribution in [2.75, 3.05) is 13.1 Å². The highest BCUT2D eigenvalue weighted by Gasteiger charge is 2.22. The monoisotopic (exact) mass is 305 g/mol. The van der Waals surface area contributed by atoms with Crippen LogP contribution in [0.5, 0.6) is 0 Å². The molecular formula is C16H20ClN3O. The Bertz CT molecular complexity index is 702. The van der Waals surface area contributed by atoms with Gasteiger partial charge in [0.25, 0.3) is 5.56 Å². The van der Waals surface area contributed by atoms with Crippen molar-refractivity contribution >= 4 is 17.2 Å². The van der Waals surface area contributed by atoms with Crippen molar-refractivity contribution in [3.8, 4) is 0 Å². The van der Waals surface area contributed by atoms with Crippen LogP contribution in [-0.2, 0) is 6.54 Å². The highest BCUT2D eigenvalue weighted by Crippen LogP contribution is 2.22. The third-order valence-electron chi connectivity index (χ3n) is 4.01. The van der Waals surface area contributed by atoms with Crippen LogP contribution in [0.1, 0.15) is 26.0 Å². The number of nitrogens with zero attached hydrogens (tertiary/aromatic N) is 3. The van der Waals surface area contributed by atoms with Crippen molar-refractivity contribution in [2.45, 2.75) is 26.8 Å². The highest BCUT2D eigenvalue weighted by atomic mass is 35.5. The Morgan fingerprint density at radius 3 is 2.71 bits per heavy atom. The van der Waals surface area contributed by atoms with E-state index in [0.717, 1.165) is 25.3 Å². The third-order valence-corrected chi connectivity index (χ3v) is 4.23. The van der Waals surface area contributed by atoms with Crippen molar-refractivity contribution in [3.05, 3.63) is 45.5 Å². The number of rotatable bonds is 2. The quantitative estimate of drug-likeness (QED) is 0.856. The van der Waals surface area contributed by atoms with Crippen LogP contribution in [-0.4, -0.2) is 27.4 Å². The average Bonchev–Trinajstić information content (AvgIpc) is 2.38. The van der Waals surface area contributed by atoms with E-state index in [0.29, 0.717) is 22.5 Å². The Morgan fingerprint density at radius 1 is 1.29 bits per heavy atom. The minimum atomic E-state index is -0.0735. The normalized spacial score (nSPS) is 23.6. The molecule has 2 atom stereocenters. The molecular weight excluding hydrogens is 286 g/mol. The molecule has 0 bridgehead atoms. The van der Waals surface area contributed by atoms with Gasteiger partial charge in [-0.05, 0) is 30.4 Å². The molecule has 1 saturated heterocycles. The van der Waals surface area contributed by atoms with Gasteiger partial charge < -0.3 is 0 Å². The van der Waals surface area contributed by atoms with Gasteiger partial charge in [-0.15, -0.1) is 0 Å². The van der Waals surface area contributed by atoms with Gasteiger partial charge in [-0.25, -0.2) is 4.98 Å². The van der Waals surface area contributed by atoms with Crippen LogP contribution >= 0.6 is 11.6 Å². The Kier molecular flexibility index (Phi) is 4.00. The zero-order valence-corrected chi connectivity index (χ0v) is 13.2. The lowest BCUT2D eigenvalue weighted by Gasteiger charge is -2.34. The Balaban J connectivity index is 1.87. The molecule has 2 aromatic heterocycles. The number of likely N-dealkylation sites (tertiary alicyclic amines) is 1. The molecule has 5 heteroatoms. The van der Waals surface area contributed by atoms with Gasteiger partial charge in [-0.1, -0.05) is 25.4 Å². The number of piperidine rings is 1. The Morgan fingerprint density at radius 2 is 2.00 bits per heavy atom. The predicted molar refractivity (Wildman–Crippen MR) is 84.7 cm³/mol. The number of aromatic nitrogens is 2. The van der Waals surface area contributed by atoms with E-state index in [1.54, 1.807) is 24.4 Å². The number of fused-ring (bicyclic) bond motifs is 1. The van der Waals surface area contributed by atoms with Crippen molar-refractivity contribution in [3.63, 3.8) is 0 Å².